The first-order valence-electron chi connectivity index (χ1n) is 8.14. The highest BCUT2D eigenvalue weighted by molar-refractivity contribution is 6.36. The van der Waals surface area contributed by atoms with Crippen LogP contribution in [-0.2, 0) is 4.79 Å². The van der Waals surface area contributed by atoms with Gasteiger partial charge < -0.3 is 14.8 Å². The van der Waals surface area contributed by atoms with Crippen LogP contribution in [0.4, 0.5) is 5.69 Å². The summed E-state index contributed by atoms with van der Waals surface area (Å²) in [5, 5.41) is 7.41. The van der Waals surface area contributed by atoms with E-state index in [1.54, 1.807) is 37.3 Å². The van der Waals surface area contributed by atoms with E-state index in [2.05, 4.69) is 15.8 Å². The summed E-state index contributed by atoms with van der Waals surface area (Å²) in [7, 11) is 2.98. The van der Waals surface area contributed by atoms with Crippen LogP contribution < -0.4 is 20.2 Å². The molecule has 0 saturated carbocycles. The smallest absolute Gasteiger partial charge is 0.271 e. The zero-order valence-electron chi connectivity index (χ0n) is 15.5. The first kappa shape index (κ1) is 21.5. The Labute approximate surface area is 172 Å². The third-order valence-corrected chi connectivity index (χ3v) is 4.13. The number of halogens is 2. The van der Waals surface area contributed by atoms with Crippen molar-refractivity contribution in [2.45, 2.75) is 13.3 Å². The number of nitrogens with one attached hydrogen (secondary N) is 2. The Morgan fingerprint density at radius 3 is 2.25 bits per heavy atom. The van der Waals surface area contributed by atoms with Crippen molar-refractivity contribution < 1.29 is 19.1 Å². The molecule has 0 spiro atoms. The Kier molecular flexibility index (Phi) is 7.66. The number of ether oxygens (including phenoxy) is 2. The van der Waals surface area contributed by atoms with E-state index >= 15 is 0 Å². The summed E-state index contributed by atoms with van der Waals surface area (Å²) in [6.07, 6.45) is -0.0271. The molecule has 2 rings (SSSR count). The number of carbonyl (C=O) groups is 2. The Hall–Kier alpha value is -2.77. The van der Waals surface area contributed by atoms with Crippen LogP contribution >= 0.6 is 23.2 Å². The second-order valence-electron chi connectivity index (χ2n) is 5.74. The molecule has 0 atom stereocenters. The number of hydrogen-bond donors (Lipinski definition) is 2. The Balaban J connectivity index is 1.98. The molecule has 0 aromatic heterocycles. The normalized spacial score (nSPS) is 11.0. The van der Waals surface area contributed by atoms with Crippen molar-refractivity contribution in [1.29, 1.82) is 0 Å². The van der Waals surface area contributed by atoms with Crippen LogP contribution in [0.3, 0.4) is 0 Å². The molecule has 9 heteroatoms. The molecule has 148 valence electrons. The second-order valence-corrected chi connectivity index (χ2v) is 6.58. The van der Waals surface area contributed by atoms with Gasteiger partial charge in [-0.05, 0) is 37.3 Å². The van der Waals surface area contributed by atoms with Crippen molar-refractivity contribution in [3.8, 4) is 11.5 Å². The van der Waals surface area contributed by atoms with Gasteiger partial charge >= 0.3 is 0 Å². The van der Waals surface area contributed by atoms with Crippen molar-refractivity contribution >= 4 is 46.4 Å². The van der Waals surface area contributed by atoms with Crippen molar-refractivity contribution in [3.05, 3.63) is 52.0 Å². The van der Waals surface area contributed by atoms with E-state index in [4.69, 9.17) is 32.7 Å². The van der Waals surface area contributed by atoms with Gasteiger partial charge in [0.2, 0.25) is 5.91 Å². The van der Waals surface area contributed by atoms with Crippen molar-refractivity contribution in [3.63, 3.8) is 0 Å². The first-order valence-corrected chi connectivity index (χ1v) is 8.89. The summed E-state index contributed by atoms with van der Waals surface area (Å²) < 4.78 is 10.3. The first-order chi connectivity index (χ1) is 13.3. The number of nitrogens with zero attached hydrogens (tertiary/aromatic N) is 1. The van der Waals surface area contributed by atoms with Gasteiger partial charge in [-0.3, -0.25) is 9.59 Å². The molecule has 28 heavy (non-hydrogen) atoms. The number of rotatable bonds is 7. The Morgan fingerprint density at radius 1 is 1.04 bits per heavy atom. The fourth-order valence-electron chi connectivity index (χ4n) is 2.21. The minimum absolute atomic E-state index is 0.0271. The van der Waals surface area contributed by atoms with Gasteiger partial charge in [0.25, 0.3) is 5.91 Å². The molecule has 0 radical (unpaired) electrons. The van der Waals surface area contributed by atoms with Gasteiger partial charge in [0, 0.05) is 22.4 Å². The van der Waals surface area contributed by atoms with Crippen LogP contribution in [0.25, 0.3) is 0 Å². The summed E-state index contributed by atoms with van der Waals surface area (Å²) in [6.45, 7) is 1.62. The molecule has 0 heterocycles. The topological polar surface area (TPSA) is 89.0 Å². The number of hydrogen-bond acceptors (Lipinski definition) is 5. The van der Waals surface area contributed by atoms with E-state index in [0.717, 1.165) is 0 Å². The maximum absolute atomic E-state index is 12.3. The monoisotopic (exact) mass is 423 g/mol. The summed E-state index contributed by atoms with van der Waals surface area (Å²) in [5.41, 5.74) is 3.56. The Morgan fingerprint density at radius 2 is 1.68 bits per heavy atom. The largest absolute Gasteiger partial charge is 0.497 e. The van der Waals surface area contributed by atoms with Crippen LogP contribution in [0.5, 0.6) is 11.5 Å². The second kappa shape index (κ2) is 9.96. The molecule has 0 bridgehead atoms. The van der Waals surface area contributed by atoms with E-state index in [1.165, 1.54) is 20.3 Å². The summed E-state index contributed by atoms with van der Waals surface area (Å²) >= 11 is 11.8. The predicted molar refractivity (Wildman–Crippen MR) is 110 cm³/mol. The average Bonchev–Trinajstić information content (AvgIpc) is 2.67. The van der Waals surface area contributed by atoms with E-state index in [9.17, 15) is 9.59 Å². The van der Waals surface area contributed by atoms with Gasteiger partial charge in [0.1, 0.15) is 11.5 Å². The average molecular weight is 424 g/mol. The molecule has 7 nitrogen and oxygen atoms in total. The van der Waals surface area contributed by atoms with E-state index in [1.807, 2.05) is 0 Å². The van der Waals surface area contributed by atoms with Crippen molar-refractivity contribution in [2.75, 3.05) is 19.5 Å². The molecule has 0 aliphatic rings. The van der Waals surface area contributed by atoms with Gasteiger partial charge in [-0.1, -0.05) is 23.2 Å². The van der Waals surface area contributed by atoms with E-state index in [-0.39, 0.29) is 12.3 Å². The minimum Gasteiger partial charge on any atom is -0.497 e. The lowest BCUT2D eigenvalue weighted by Gasteiger charge is -2.09. The van der Waals surface area contributed by atoms with Gasteiger partial charge in [-0.2, -0.15) is 5.10 Å². The molecule has 2 N–H and O–H groups in total. The van der Waals surface area contributed by atoms with Crippen molar-refractivity contribution in [2.24, 2.45) is 5.10 Å². The van der Waals surface area contributed by atoms with Crippen LogP contribution in [-0.4, -0.2) is 31.7 Å². The Bertz CT molecular complexity index is 894. The molecule has 2 aromatic carbocycles. The maximum atomic E-state index is 12.3. The zero-order chi connectivity index (χ0) is 20.7. The summed E-state index contributed by atoms with van der Waals surface area (Å²) in [6, 6.07) is 9.51. The van der Waals surface area contributed by atoms with Crippen LogP contribution in [0.1, 0.15) is 23.7 Å². The third kappa shape index (κ3) is 6.14. The molecule has 0 fully saturated rings. The molecule has 0 saturated heterocycles. The number of methoxy groups -OCH3 is 2. The molecule has 2 amide bonds. The van der Waals surface area contributed by atoms with E-state index in [0.29, 0.717) is 38.5 Å². The molecule has 0 aliphatic heterocycles. The van der Waals surface area contributed by atoms with Gasteiger partial charge in [0.15, 0.2) is 0 Å². The SMILES string of the molecule is COc1cc(OC)cc(C(=O)N/N=C(/C)CC(=O)Nc2ccc(Cl)cc2Cl)c1. The highest BCUT2D eigenvalue weighted by Gasteiger charge is 2.11. The minimum atomic E-state index is -0.460. The van der Waals surface area contributed by atoms with Crippen molar-refractivity contribution in [1.82, 2.24) is 5.43 Å². The highest BCUT2D eigenvalue weighted by Crippen LogP contribution is 2.25. The predicted octanol–water partition coefficient (Wildman–Crippen LogP) is 4.15. The molecular weight excluding hydrogens is 405 g/mol. The maximum Gasteiger partial charge on any atom is 0.271 e. The number of amides is 2. The summed E-state index contributed by atoms with van der Waals surface area (Å²) in [5.74, 6) is 0.161. The molecule has 2 aromatic rings. The number of anilines is 1. The van der Waals surface area contributed by atoms with Gasteiger partial charge in [-0.25, -0.2) is 5.43 Å². The van der Waals surface area contributed by atoms with Gasteiger partial charge in [-0.15, -0.1) is 0 Å². The highest BCUT2D eigenvalue weighted by atomic mass is 35.5. The molecule has 0 unspecified atom stereocenters. The van der Waals surface area contributed by atoms with E-state index < -0.39 is 5.91 Å². The van der Waals surface area contributed by atoms with Crippen LogP contribution in [0.15, 0.2) is 41.5 Å². The lowest BCUT2D eigenvalue weighted by molar-refractivity contribution is -0.115. The quantitative estimate of drug-likeness (QED) is 0.517. The third-order valence-electron chi connectivity index (χ3n) is 3.58. The standard InChI is InChI=1S/C19H19Cl2N3O4/c1-11(6-18(25)22-17-5-4-13(20)9-16(17)21)23-24-19(26)12-7-14(27-2)10-15(8-12)28-3/h4-5,7-10H,6H2,1-3H3,(H,22,25)(H,24,26)/b23-11-. The number of hydrazone groups is 1. The zero-order valence-corrected chi connectivity index (χ0v) is 17.0. The molecular formula is C19H19Cl2N3O4. The van der Waals surface area contributed by atoms with Crippen LogP contribution in [0.2, 0.25) is 10.0 Å². The summed E-state index contributed by atoms with van der Waals surface area (Å²) in [4.78, 5) is 24.4. The number of benzene rings is 2. The number of carbonyl (C=O) groups excluding carboxylic acids is 2. The lowest BCUT2D eigenvalue weighted by Crippen LogP contribution is -2.21. The fourth-order valence-corrected chi connectivity index (χ4v) is 2.66. The van der Waals surface area contributed by atoms with Crippen LogP contribution in [0, 0.1) is 0 Å². The van der Waals surface area contributed by atoms with Gasteiger partial charge in [0.05, 0.1) is 31.4 Å². The fraction of sp³-hybridized carbons (Fsp3) is 0.211. The molecule has 0 aliphatic carbocycles. The lowest BCUT2D eigenvalue weighted by atomic mass is 10.2.